The van der Waals surface area contributed by atoms with Crippen LogP contribution in [-0.4, -0.2) is 24.5 Å². The second-order valence-corrected chi connectivity index (χ2v) is 16.2. The minimum atomic E-state index is 0.664. The van der Waals surface area contributed by atoms with E-state index in [0.29, 0.717) is 5.82 Å². The highest BCUT2D eigenvalue weighted by molar-refractivity contribution is 6.20. The SMILES string of the molecule is c1ccc(-c2cccc(-c3cc(-c4ccc(-c5nc6ccccc6c6ccc7c(nc(-c8ccccc8)n7-c7ccccc7)c56)cc4)nc(-c4cccc(-c5ccccc5)c4)n3)c2)cc1. The van der Waals surface area contributed by atoms with Crippen LogP contribution in [0.3, 0.4) is 0 Å². The first-order valence-corrected chi connectivity index (χ1v) is 21.9. The van der Waals surface area contributed by atoms with Gasteiger partial charge in [0.05, 0.1) is 33.6 Å². The average molecular weight is 830 g/mol. The Balaban J connectivity index is 1.03. The minimum Gasteiger partial charge on any atom is -0.292 e. The van der Waals surface area contributed by atoms with Gasteiger partial charge in [0.15, 0.2) is 5.82 Å². The van der Waals surface area contributed by atoms with Crippen LogP contribution in [0.15, 0.2) is 237 Å². The lowest BCUT2D eigenvalue weighted by Gasteiger charge is -2.13. The van der Waals surface area contributed by atoms with Crippen LogP contribution in [0.2, 0.25) is 0 Å². The molecule has 9 aromatic carbocycles. The molecule has 0 aliphatic rings. The fraction of sp³-hybridized carbons (Fsp3) is 0. The maximum absolute atomic E-state index is 5.48. The maximum atomic E-state index is 5.48. The van der Waals surface area contributed by atoms with E-state index < -0.39 is 0 Å². The second-order valence-electron chi connectivity index (χ2n) is 16.2. The summed E-state index contributed by atoms with van der Waals surface area (Å²) >= 11 is 0. The lowest BCUT2D eigenvalue weighted by Crippen LogP contribution is -1.97. The topological polar surface area (TPSA) is 56.5 Å². The molecule has 0 aliphatic heterocycles. The summed E-state index contributed by atoms with van der Waals surface area (Å²) < 4.78 is 2.27. The summed E-state index contributed by atoms with van der Waals surface area (Å²) in [5.41, 5.74) is 16.0. The number of para-hydroxylation sites is 2. The number of hydrogen-bond donors (Lipinski definition) is 0. The number of imidazole rings is 1. The van der Waals surface area contributed by atoms with E-state index in [0.717, 1.165) is 111 Å². The van der Waals surface area contributed by atoms with Crippen molar-refractivity contribution in [2.24, 2.45) is 0 Å². The Morgan fingerprint density at radius 3 is 1.51 bits per heavy atom. The first-order chi connectivity index (χ1) is 32.2. The van der Waals surface area contributed by atoms with Crippen LogP contribution < -0.4 is 0 Å². The van der Waals surface area contributed by atoms with E-state index in [2.05, 4.69) is 217 Å². The molecule has 0 bridgehead atoms. The van der Waals surface area contributed by atoms with Crippen LogP contribution in [0.25, 0.3) is 117 Å². The van der Waals surface area contributed by atoms with Gasteiger partial charge < -0.3 is 0 Å². The molecule has 12 rings (SSSR count). The van der Waals surface area contributed by atoms with Crippen molar-refractivity contribution in [1.29, 1.82) is 0 Å². The number of hydrogen-bond acceptors (Lipinski definition) is 4. The Morgan fingerprint density at radius 1 is 0.308 bits per heavy atom. The molecular weight excluding hydrogens is 791 g/mol. The summed E-state index contributed by atoms with van der Waals surface area (Å²) in [6.45, 7) is 0. The molecule has 0 radical (unpaired) electrons. The molecule has 0 N–H and O–H groups in total. The van der Waals surface area contributed by atoms with E-state index in [1.807, 2.05) is 24.3 Å². The van der Waals surface area contributed by atoms with E-state index in [1.54, 1.807) is 0 Å². The van der Waals surface area contributed by atoms with Crippen LogP contribution in [0.5, 0.6) is 0 Å². The summed E-state index contributed by atoms with van der Waals surface area (Å²) in [6, 6.07) is 82.5. The van der Waals surface area contributed by atoms with E-state index in [-0.39, 0.29) is 0 Å². The quantitative estimate of drug-likeness (QED) is 0.143. The van der Waals surface area contributed by atoms with Crippen LogP contribution in [0.1, 0.15) is 0 Å². The largest absolute Gasteiger partial charge is 0.292 e. The molecule has 0 saturated carbocycles. The van der Waals surface area contributed by atoms with Gasteiger partial charge in [0.2, 0.25) is 0 Å². The molecule has 3 aromatic heterocycles. The van der Waals surface area contributed by atoms with Gasteiger partial charge >= 0.3 is 0 Å². The zero-order valence-electron chi connectivity index (χ0n) is 35.3. The van der Waals surface area contributed by atoms with Gasteiger partial charge in [-0.15, -0.1) is 0 Å². The number of aromatic nitrogens is 5. The molecule has 304 valence electrons. The number of rotatable bonds is 8. The van der Waals surface area contributed by atoms with Gasteiger partial charge in [-0.1, -0.05) is 194 Å². The van der Waals surface area contributed by atoms with Gasteiger partial charge in [0, 0.05) is 44.3 Å². The summed E-state index contributed by atoms with van der Waals surface area (Å²) in [5.74, 6) is 1.55. The highest BCUT2D eigenvalue weighted by atomic mass is 15.1. The van der Waals surface area contributed by atoms with Crippen molar-refractivity contribution in [2.45, 2.75) is 0 Å². The first-order valence-electron chi connectivity index (χ1n) is 21.9. The molecular formula is C60H39N5. The Hall–Kier alpha value is -8.80. The number of pyridine rings is 1. The molecule has 12 aromatic rings. The summed E-state index contributed by atoms with van der Waals surface area (Å²) in [7, 11) is 0. The van der Waals surface area contributed by atoms with Gasteiger partial charge in [0.25, 0.3) is 0 Å². The normalized spacial score (nSPS) is 11.4. The van der Waals surface area contributed by atoms with Crippen LogP contribution in [0, 0.1) is 0 Å². The molecule has 0 atom stereocenters. The third-order valence-electron chi connectivity index (χ3n) is 12.2. The third-order valence-corrected chi connectivity index (χ3v) is 12.2. The lowest BCUT2D eigenvalue weighted by molar-refractivity contribution is 1.10. The van der Waals surface area contributed by atoms with Crippen molar-refractivity contribution in [2.75, 3.05) is 0 Å². The van der Waals surface area contributed by atoms with Crippen LogP contribution in [-0.2, 0) is 0 Å². The van der Waals surface area contributed by atoms with Crippen molar-refractivity contribution >= 4 is 32.7 Å². The number of fused-ring (bicyclic) bond motifs is 5. The second kappa shape index (κ2) is 16.2. The van der Waals surface area contributed by atoms with Gasteiger partial charge in [-0.2, -0.15) is 0 Å². The predicted octanol–water partition coefficient (Wildman–Crippen LogP) is 15.2. The zero-order chi connectivity index (χ0) is 43.1. The van der Waals surface area contributed by atoms with Crippen molar-refractivity contribution < 1.29 is 0 Å². The summed E-state index contributed by atoms with van der Waals surface area (Å²) in [5, 5.41) is 3.22. The highest BCUT2D eigenvalue weighted by Gasteiger charge is 2.21. The first kappa shape index (κ1) is 37.9. The lowest BCUT2D eigenvalue weighted by atomic mass is 9.97. The maximum Gasteiger partial charge on any atom is 0.160 e. The molecule has 0 aliphatic carbocycles. The van der Waals surface area contributed by atoms with Crippen molar-refractivity contribution in [3.05, 3.63) is 237 Å². The third kappa shape index (κ3) is 7.02. The monoisotopic (exact) mass is 829 g/mol. The van der Waals surface area contributed by atoms with Gasteiger partial charge in [-0.05, 0) is 70.1 Å². The highest BCUT2D eigenvalue weighted by Crippen LogP contribution is 2.40. The van der Waals surface area contributed by atoms with Gasteiger partial charge in [-0.3, -0.25) is 4.57 Å². The standard InChI is InChI=1S/C60H39N5/c1-5-17-40(18-6-1)45-23-15-25-47(37-45)54-39-53(62-59(63-54)48-26-16-24-46(38-48)41-19-7-2-8-20-41)42-31-33-43(34-32-42)57-56-51(50-29-13-14-30-52(50)61-57)35-36-55-58(56)64-60(44-21-9-3-10-22-44)65(55)49-27-11-4-12-28-49/h1-39H. The Morgan fingerprint density at radius 2 is 0.831 bits per heavy atom. The van der Waals surface area contributed by atoms with Crippen molar-refractivity contribution in [3.63, 3.8) is 0 Å². The minimum absolute atomic E-state index is 0.664. The van der Waals surface area contributed by atoms with Crippen LogP contribution >= 0.6 is 0 Å². The summed E-state index contributed by atoms with van der Waals surface area (Å²) in [4.78, 5) is 21.4. The van der Waals surface area contributed by atoms with Crippen LogP contribution in [0.4, 0.5) is 0 Å². The fourth-order valence-electron chi connectivity index (χ4n) is 9.04. The van der Waals surface area contributed by atoms with Gasteiger partial charge in [0.1, 0.15) is 5.82 Å². The molecule has 0 amide bonds. The van der Waals surface area contributed by atoms with E-state index >= 15 is 0 Å². The average Bonchev–Trinajstić information content (AvgIpc) is 3.80. The smallest absolute Gasteiger partial charge is 0.160 e. The Kier molecular flexibility index (Phi) is 9.42. The molecule has 5 heteroatoms. The molecule has 0 unspecified atom stereocenters. The Bertz CT molecular complexity index is 3580. The molecule has 5 nitrogen and oxygen atoms in total. The van der Waals surface area contributed by atoms with Crippen molar-refractivity contribution in [3.8, 4) is 84.5 Å². The fourth-order valence-corrected chi connectivity index (χ4v) is 9.04. The summed E-state index contributed by atoms with van der Waals surface area (Å²) in [6.07, 6.45) is 0. The molecule has 0 fully saturated rings. The Labute approximate surface area is 376 Å². The number of benzene rings is 9. The molecule has 0 saturated heterocycles. The molecule has 0 spiro atoms. The van der Waals surface area contributed by atoms with E-state index in [4.69, 9.17) is 19.9 Å². The van der Waals surface area contributed by atoms with Gasteiger partial charge in [-0.25, -0.2) is 19.9 Å². The van der Waals surface area contributed by atoms with Crippen molar-refractivity contribution in [1.82, 2.24) is 24.5 Å². The predicted molar refractivity (Wildman–Crippen MR) is 268 cm³/mol. The molecule has 65 heavy (non-hydrogen) atoms. The zero-order valence-corrected chi connectivity index (χ0v) is 35.3. The van der Waals surface area contributed by atoms with E-state index in [1.165, 1.54) is 0 Å². The van der Waals surface area contributed by atoms with E-state index in [9.17, 15) is 0 Å². The molecule has 3 heterocycles. The number of nitrogens with zero attached hydrogens (tertiary/aromatic N) is 5.